The number of hydrogen-bond acceptors (Lipinski definition) is 3. The maximum atomic E-state index is 12.6. The summed E-state index contributed by atoms with van der Waals surface area (Å²) in [5.41, 5.74) is 0. The van der Waals surface area contributed by atoms with E-state index in [1.807, 2.05) is 0 Å². The molecule has 82 valence electrons. The van der Waals surface area contributed by atoms with Crippen molar-refractivity contribution in [3.8, 4) is 5.75 Å². The molecule has 1 aliphatic carbocycles. The Balaban J connectivity index is 1.95. The predicted octanol–water partition coefficient (Wildman–Crippen LogP) is 1.35. The number of methoxy groups -OCH3 is 1. The van der Waals surface area contributed by atoms with Crippen LogP contribution in [0.15, 0.2) is 24.3 Å². The van der Waals surface area contributed by atoms with Gasteiger partial charge in [0.2, 0.25) is 0 Å². The minimum atomic E-state index is -0.458. The first kappa shape index (κ1) is 10.4. The van der Waals surface area contributed by atoms with Gasteiger partial charge in [-0.2, -0.15) is 0 Å². The number of hydrogen-bond donors (Lipinski definition) is 1. The summed E-state index contributed by atoms with van der Waals surface area (Å²) in [6.45, 7) is 0. The molecule has 0 saturated heterocycles. The summed E-state index contributed by atoms with van der Waals surface area (Å²) in [6, 6.07) is 5.80. The molecule has 0 aliphatic heterocycles. The molecular formula is C11H13FO3. The SMILES string of the molecule is COC1C(O)CC1Oc1ccc(F)cc1. The first-order valence-electron chi connectivity index (χ1n) is 4.84. The molecule has 1 saturated carbocycles. The molecule has 15 heavy (non-hydrogen) atoms. The number of benzene rings is 1. The molecule has 3 unspecified atom stereocenters. The Morgan fingerprint density at radius 1 is 1.33 bits per heavy atom. The molecule has 0 radical (unpaired) electrons. The average Bonchev–Trinajstić information content (AvgIpc) is 2.21. The van der Waals surface area contributed by atoms with Crippen LogP contribution in [-0.4, -0.2) is 30.5 Å². The highest BCUT2D eigenvalue weighted by atomic mass is 19.1. The maximum absolute atomic E-state index is 12.6. The van der Waals surface area contributed by atoms with Gasteiger partial charge in [-0.25, -0.2) is 4.39 Å². The number of aliphatic hydroxyl groups is 1. The van der Waals surface area contributed by atoms with E-state index in [9.17, 15) is 9.50 Å². The van der Waals surface area contributed by atoms with Crippen molar-refractivity contribution in [1.29, 1.82) is 0 Å². The van der Waals surface area contributed by atoms with Crippen LogP contribution < -0.4 is 4.74 Å². The lowest BCUT2D eigenvalue weighted by molar-refractivity contribution is -0.149. The van der Waals surface area contributed by atoms with Crippen molar-refractivity contribution < 1.29 is 19.0 Å². The van der Waals surface area contributed by atoms with E-state index in [0.29, 0.717) is 12.2 Å². The van der Waals surface area contributed by atoms with Crippen molar-refractivity contribution in [2.24, 2.45) is 0 Å². The quantitative estimate of drug-likeness (QED) is 0.822. The Bertz CT molecular complexity index is 325. The van der Waals surface area contributed by atoms with Gasteiger partial charge < -0.3 is 14.6 Å². The standard InChI is InChI=1S/C11H13FO3/c1-14-11-9(13)6-10(11)15-8-4-2-7(12)3-5-8/h2-5,9-11,13H,6H2,1H3. The first-order chi connectivity index (χ1) is 7.20. The number of rotatable bonds is 3. The summed E-state index contributed by atoms with van der Waals surface area (Å²) in [4.78, 5) is 0. The van der Waals surface area contributed by atoms with Crippen molar-refractivity contribution in [2.45, 2.75) is 24.7 Å². The van der Waals surface area contributed by atoms with E-state index in [2.05, 4.69) is 0 Å². The highest BCUT2D eigenvalue weighted by Crippen LogP contribution is 2.28. The summed E-state index contributed by atoms with van der Waals surface area (Å²) in [5.74, 6) is 0.301. The molecule has 0 aromatic heterocycles. The van der Waals surface area contributed by atoms with Gasteiger partial charge in [0.05, 0.1) is 6.10 Å². The molecule has 2 rings (SSSR count). The van der Waals surface area contributed by atoms with Gasteiger partial charge in [-0.3, -0.25) is 0 Å². The van der Waals surface area contributed by atoms with Gasteiger partial charge in [0.25, 0.3) is 0 Å². The van der Waals surface area contributed by atoms with Gasteiger partial charge in [-0.15, -0.1) is 0 Å². The molecule has 0 spiro atoms. The fourth-order valence-electron chi connectivity index (χ4n) is 1.67. The summed E-state index contributed by atoms with van der Waals surface area (Å²) < 4.78 is 23.2. The topological polar surface area (TPSA) is 38.7 Å². The number of aliphatic hydroxyl groups excluding tert-OH is 1. The van der Waals surface area contributed by atoms with Crippen molar-refractivity contribution in [3.05, 3.63) is 30.1 Å². The monoisotopic (exact) mass is 212 g/mol. The number of halogens is 1. The Labute approximate surface area is 87.4 Å². The average molecular weight is 212 g/mol. The molecule has 1 aromatic carbocycles. The maximum Gasteiger partial charge on any atom is 0.130 e. The normalized spacial score (nSPS) is 29.7. The van der Waals surface area contributed by atoms with E-state index in [-0.39, 0.29) is 18.0 Å². The molecule has 1 aliphatic rings. The molecular weight excluding hydrogens is 199 g/mol. The zero-order chi connectivity index (χ0) is 10.8. The summed E-state index contributed by atoms with van der Waals surface area (Å²) >= 11 is 0. The molecule has 3 nitrogen and oxygen atoms in total. The third-order valence-electron chi connectivity index (χ3n) is 2.59. The van der Waals surface area contributed by atoms with Crippen molar-refractivity contribution >= 4 is 0 Å². The minimum absolute atomic E-state index is 0.143. The second kappa shape index (κ2) is 4.16. The van der Waals surface area contributed by atoms with Crippen molar-refractivity contribution in [2.75, 3.05) is 7.11 Å². The van der Waals surface area contributed by atoms with Crippen LogP contribution in [0.2, 0.25) is 0 Å². The van der Waals surface area contributed by atoms with E-state index >= 15 is 0 Å². The van der Waals surface area contributed by atoms with Crippen LogP contribution >= 0.6 is 0 Å². The Kier molecular flexibility index (Phi) is 2.88. The van der Waals surface area contributed by atoms with Gasteiger partial charge >= 0.3 is 0 Å². The molecule has 1 fully saturated rings. The van der Waals surface area contributed by atoms with Crippen LogP contribution in [-0.2, 0) is 4.74 Å². The smallest absolute Gasteiger partial charge is 0.130 e. The molecule has 4 heteroatoms. The summed E-state index contributed by atoms with van der Waals surface area (Å²) in [7, 11) is 1.54. The van der Waals surface area contributed by atoms with Crippen LogP contribution in [0.4, 0.5) is 4.39 Å². The van der Waals surface area contributed by atoms with Gasteiger partial charge in [0.1, 0.15) is 23.8 Å². The lowest BCUT2D eigenvalue weighted by Gasteiger charge is -2.39. The summed E-state index contributed by atoms with van der Waals surface area (Å²) in [5, 5.41) is 9.34. The second-order valence-corrected chi connectivity index (χ2v) is 3.61. The highest BCUT2D eigenvalue weighted by molar-refractivity contribution is 5.23. The Morgan fingerprint density at radius 3 is 2.53 bits per heavy atom. The first-order valence-corrected chi connectivity index (χ1v) is 4.84. The fourth-order valence-corrected chi connectivity index (χ4v) is 1.67. The molecule has 3 atom stereocenters. The predicted molar refractivity (Wildman–Crippen MR) is 52.2 cm³/mol. The third-order valence-corrected chi connectivity index (χ3v) is 2.59. The molecule has 0 amide bonds. The molecule has 0 heterocycles. The van der Waals surface area contributed by atoms with Crippen LogP contribution in [0, 0.1) is 5.82 Å². The largest absolute Gasteiger partial charge is 0.488 e. The van der Waals surface area contributed by atoms with Gasteiger partial charge in [-0.05, 0) is 24.3 Å². The number of ether oxygens (including phenoxy) is 2. The van der Waals surface area contributed by atoms with E-state index in [1.165, 1.54) is 19.2 Å². The second-order valence-electron chi connectivity index (χ2n) is 3.61. The highest BCUT2D eigenvalue weighted by Gasteiger charge is 2.42. The molecule has 0 bridgehead atoms. The van der Waals surface area contributed by atoms with Crippen molar-refractivity contribution in [3.63, 3.8) is 0 Å². The fraction of sp³-hybridized carbons (Fsp3) is 0.455. The van der Waals surface area contributed by atoms with Gasteiger partial charge in [0, 0.05) is 13.5 Å². The van der Waals surface area contributed by atoms with Crippen LogP contribution in [0.25, 0.3) is 0 Å². The lowest BCUT2D eigenvalue weighted by atomic mass is 9.88. The minimum Gasteiger partial charge on any atom is -0.488 e. The van der Waals surface area contributed by atoms with Gasteiger partial charge in [0.15, 0.2) is 0 Å². The zero-order valence-electron chi connectivity index (χ0n) is 8.39. The van der Waals surface area contributed by atoms with E-state index in [4.69, 9.17) is 9.47 Å². The Morgan fingerprint density at radius 2 is 2.00 bits per heavy atom. The zero-order valence-corrected chi connectivity index (χ0v) is 8.39. The van der Waals surface area contributed by atoms with E-state index in [1.54, 1.807) is 12.1 Å². The van der Waals surface area contributed by atoms with Crippen LogP contribution in [0.3, 0.4) is 0 Å². The third kappa shape index (κ3) is 2.11. The molecule has 1 aromatic rings. The van der Waals surface area contributed by atoms with Crippen LogP contribution in [0.1, 0.15) is 6.42 Å². The Hall–Kier alpha value is -1.13. The van der Waals surface area contributed by atoms with Crippen LogP contribution in [0.5, 0.6) is 5.75 Å². The summed E-state index contributed by atoms with van der Waals surface area (Å²) in [6.07, 6.45) is -0.332. The van der Waals surface area contributed by atoms with Crippen molar-refractivity contribution in [1.82, 2.24) is 0 Å². The van der Waals surface area contributed by atoms with Gasteiger partial charge in [-0.1, -0.05) is 0 Å². The van der Waals surface area contributed by atoms with E-state index in [0.717, 1.165) is 0 Å². The van der Waals surface area contributed by atoms with E-state index < -0.39 is 6.10 Å². The lowest BCUT2D eigenvalue weighted by Crippen LogP contribution is -2.54. The molecule has 1 N–H and O–H groups in total.